The summed E-state index contributed by atoms with van der Waals surface area (Å²) in [7, 11) is 3.59. The van der Waals surface area contributed by atoms with Crippen molar-refractivity contribution in [2.45, 2.75) is 19.4 Å². The van der Waals surface area contributed by atoms with Crippen LogP contribution in [-0.4, -0.2) is 49.9 Å². The summed E-state index contributed by atoms with van der Waals surface area (Å²) >= 11 is 0. The van der Waals surface area contributed by atoms with Crippen LogP contribution in [0.4, 0.5) is 0 Å². The van der Waals surface area contributed by atoms with Gasteiger partial charge in [-0.25, -0.2) is 0 Å². The fourth-order valence-corrected chi connectivity index (χ4v) is 2.75. The molecule has 1 heterocycles. The SMILES string of the molecule is CNC(=O)[C@H]1CN(C)C[C@@H]1NC(=O)Cc1ccc(C)cc1. The standard InChI is InChI=1S/C16H23N3O2/c1-11-4-6-12(7-5-11)8-15(20)18-14-10-19(3)9-13(14)16(21)17-2/h4-7,13-14H,8-10H2,1-3H3,(H,17,21)(H,18,20)/t13-,14-/m0/s1. The molecule has 2 rings (SSSR count). The molecular formula is C16H23N3O2. The number of nitrogens with zero attached hydrogens (tertiary/aromatic N) is 1. The maximum atomic E-state index is 12.2. The lowest BCUT2D eigenvalue weighted by molar-refractivity contribution is -0.125. The van der Waals surface area contributed by atoms with Gasteiger partial charge in [0.1, 0.15) is 0 Å². The summed E-state index contributed by atoms with van der Waals surface area (Å²) in [6.45, 7) is 3.40. The maximum absolute atomic E-state index is 12.2. The lowest BCUT2D eigenvalue weighted by Gasteiger charge is -2.18. The number of benzene rings is 1. The Kier molecular flexibility index (Phi) is 4.96. The van der Waals surface area contributed by atoms with E-state index in [2.05, 4.69) is 15.5 Å². The first-order valence-electron chi connectivity index (χ1n) is 7.24. The first-order chi connectivity index (χ1) is 9.99. The van der Waals surface area contributed by atoms with Crippen LogP contribution in [0.3, 0.4) is 0 Å². The third-order valence-electron chi connectivity index (χ3n) is 3.92. The number of aryl methyl sites for hydroxylation is 1. The van der Waals surface area contributed by atoms with Crippen molar-refractivity contribution in [3.05, 3.63) is 35.4 Å². The normalized spacial score (nSPS) is 22.0. The largest absolute Gasteiger partial charge is 0.359 e. The van der Waals surface area contributed by atoms with Crippen molar-refractivity contribution in [3.8, 4) is 0 Å². The second kappa shape index (κ2) is 6.72. The van der Waals surface area contributed by atoms with Crippen molar-refractivity contribution in [1.29, 1.82) is 0 Å². The summed E-state index contributed by atoms with van der Waals surface area (Å²) in [4.78, 5) is 26.1. The topological polar surface area (TPSA) is 61.4 Å². The lowest BCUT2D eigenvalue weighted by atomic mass is 10.0. The second-order valence-corrected chi connectivity index (χ2v) is 5.78. The predicted molar refractivity (Wildman–Crippen MR) is 81.9 cm³/mol. The molecule has 2 atom stereocenters. The van der Waals surface area contributed by atoms with Gasteiger partial charge in [0.2, 0.25) is 11.8 Å². The van der Waals surface area contributed by atoms with Gasteiger partial charge in [-0.2, -0.15) is 0 Å². The number of likely N-dealkylation sites (N-methyl/N-ethyl adjacent to an activating group) is 1. The third-order valence-corrected chi connectivity index (χ3v) is 3.92. The van der Waals surface area contributed by atoms with Gasteiger partial charge in [-0.1, -0.05) is 29.8 Å². The highest BCUT2D eigenvalue weighted by Crippen LogP contribution is 2.16. The van der Waals surface area contributed by atoms with Crippen molar-refractivity contribution < 1.29 is 9.59 Å². The monoisotopic (exact) mass is 289 g/mol. The Bertz CT molecular complexity index is 513. The summed E-state index contributed by atoms with van der Waals surface area (Å²) in [5.41, 5.74) is 2.16. The van der Waals surface area contributed by atoms with E-state index in [1.807, 2.05) is 38.2 Å². The van der Waals surface area contributed by atoms with E-state index in [0.717, 1.165) is 5.56 Å². The number of nitrogens with one attached hydrogen (secondary N) is 2. The highest BCUT2D eigenvalue weighted by molar-refractivity contribution is 5.83. The Morgan fingerprint density at radius 3 is 2.52 bits per heavy atom. The zero-order valence-corrected chi connectivity index (χ0v) is 12.8. The zero-order chi connectivity index (χ0) is 15.4. The Morgan fingerprint density at radius 1 is 1.24 bits per heavy atom. The molecule has 1 aliphatic rings. The van der Waals surface area contributed by atoms with Gasteiger partial charge in [0, 0.05) is 20.1 Å². The molecule has 1 aromatic rings. The summed E-state index contributed by atoms with van der Waals surface area (Å²) < 4.78 is 0. The van der Waals surface area contributed by atoms with Crippen LogP contribution in [0, 0.1) is 12.8 Å². The molecular weight excluding hydrogens is 266 g/mol. The van der Waals surface area contributed by atoms with Gasteiger partial charge in [0.05, 0.1) is 18.4 Å². The number of carbonyl (C=O) groups excluding carboxylic acids is 2. The second-order valence-electron chi connectivity index (χ2n) is 5.78. The van der Waals surface area contributed by atoms with Gasteiger partial charge in [-0.15, -0.1) is 0 Å². The number of likely N-dealkylation sites (tertiary alicyclic amines) is 1. The molecule has 2 N–H and O–H groups in total. The molecule has 0 bridgehead atoms. The highest BCUT2D eigenvalue weighted by Gasteiger charge is 2.36. The summed E-state index contributed by atoms with van der Waals surface area (Å²) in [5, 5.41) is 5.67. The van der Waals surface area contributed by atoms with Crippen molar-refractivity contribution in [2.75, 3.05) is 27.2 Å². The van der Waals surface area contributed by atoms with Crippen LogP contribution in [-0.2, 0) is 16.0 Å². The van der Waals surface area contributed by atoms with Crippen molar-refractivity contribution >= 4 is 11.8 Å². The molecule has 0 aliphatic carbocycles. The van der Waals surface area contributed by atoms with E-state index in [1.165, 1.54) is 5.56 Å². The average molecular weight is 289 g/mol. The van der Waals surface area contributed by atoms with E-state index >= 15 is 0 Å². The summed E-state index contributed by atoms with van der Waals surface area (Å²) in [6.07, 6.45) is 0.348. The first kappa shape index (κ1) is 15.5. The maximum Gasteiger partial charge on any atom is 0.226 e. The van der Waals surface area contributed by atoms with Crippen LogP contribution >= 0.6 is 0 Å². The zero-order valence-electron chi connectivity index (χ0n) is 12.8. The summed E-state index contributed by atoms with van der Waals surface area (Å²) in [5.74, 6) is -0.227. The minimum Gasteiger partial charge on any atom is -0.359 e. The minimum absolute atomic E-state index is 0.0139. The number of hydrogen-bond acceptors (Lipinski definition) is 3. The van der Waals surface area contributed by atoms with E-state index < -0.39 is 0 Å². The predicted octanol–water partition coefficient (Wildman–Crippen LogP) is 0.330. The van der Waals surface area contributed by atoms with Gasteiger partial charge in [0.15, 0.2) is 0 Å². The first-order valence-corrected chi connectivity index (χ1v) is 7.24. The van der Waals surface area contributed by atoms with E-state index in [1.54, 1.807) is 7.05 Å². The van der Waals surface area contributed by atoms with Gasteiger partial charge >= 0.3 is 0 Å². The Balaban J connectivity index is 1.94. The van der Waals surface area contributed by atoms with Crippen molar-refractivity contribution in [3.63, 3.8) is 0 Å². The van der Waals surface area contributed by atoms with Crippen molar-refractivity contribution in [2.24, 2.45) is 5.92 Å². The molecule has 0 unspecified atom stereocenters. The van der Waals surface area contributed by atoms with Gasteiger partial charge in [-0.05, 0) is 19.5 Å². The Labute approximate surface area is 125 Å². The minimum atomic E-state index is -0.179. The van der Waals surface area contributed by atoms with Gasteiger partial charge < -0.3 is 15.5 Å². The lowest BCUT2D eigenvalue weighted by Crippen LogP contribution is -2.46. The molecule has 0 aromatic heterocycles. The molecule has 2 amide bonds. The van der Waals surface area contributed by atoms with E-state index in [-0.39, 0.29) is 23.8 Å². The van der Waals surface area contributed by atoms with Crippen LogP contribution in [0.15, 0.2) is 24.3 Å². The number of rotatable bonds is 4. The molecule has 1 fully saturated rings. The third kappa shape index (κ3) is 4.04. The van der Waals surface area contributed by atoms with Crippen LogP contribution in [0.25, 0.3) is 0 Å². The number of amides is 2. The molecule has 0 saturated carbocycles. The molecule has 1 saturated heterocycles. The Morgan fingerprint density at radius 2 is 1.90 bits per heavy atom. The van der Waals surface area contributed by atoms with Crippen LogP contribution in [0.2, 0.25) is 0 Å². The van der Waals surface area contributed by atoms with Crippen LogP contribution < -0.4 is 10.6 Å². The number of hydrogen-bond donors (Lipinski definition) is 2. The molecule has 5 nitrogen and oxygen atoms in total. The number of carbonyl (C=O) groups is 2. The summed E-state index contributed by atoms with van der Waals surface area (Å²) in [6, 6.07) is 7.81. The molecule has 114 valence electrons. The Hall–Kier alpha value is -1.88. The van der Waals surface area contributed by atoms with Gasteiger partial charge in [-0.3, -0.25) is 9.59 Å². The van der Waals surface area contributed by atoms with Crippen LogP contribution in [0.5, 0.6) is 0 Å². The average Bonchev–Trinajstić information content (AvgIpc) is 2.81. The van der Waals surface area contributed by atoms with Crippen molar-refractivity contribution in [1.82, 2.24) is 15.5 Å². The van der Waals surface area contributed by atoms with Crippen LogP contribution in [0.1, 0.15) is 11.1 Å². The molecule has 21 heavy (non-hydrogen) atoms. The highest BCUT2D eigenvalue weighted by atomic mass is 16.2. The molecule has 0 spiro atoms. The fourth-order valence-electron chi connectivity index (χ4n) is 2.75. The molecule has 1 aromatic carbocycles. The van der Waals surface area contributed by atoms with E-state index in [0.29, 0.717) is 19.5 Å². The van der Waals surface area contributed by atoms with E-state index in [9.17, 15) is 9.59 Å². The van der Waals surface area contributed by atoms with E-state index in [4.69, 9.17) is 0 Å². The van der Waals surface area contributed by atoms with Gasteiger partial charge in [0.25, 0.3) is 0 Å². The molecule has 1 aliphatic heterocycles. The fraction of sp³-hybridized carbons (Fsp3) is 0.500. The smallest absolute Gasteiger partial charge is 0.226 e. The molecule has 5 heteroatoms. The quantitative estimate of drug-likeness (QED) is 0.840. The molecule has 0 radical (unpaired) electrons.